The van der Waals surface area contributed by atoms with Gasteiger partial charge in [0.2, 0.25) is 11.8 Å². The Kier molecular flexibility index (Phi) is 3.17. The van der Waals surface area contributed by atoms with Gasteiger partial charge in [-0.3, -0.25) is 19.7 Å². The summed E-state index contributed by atoms with van der Waals surface area (Å²) in [6, 6.07) is 4.79. The summed E-state index contributed by atoms with van der Waals surface area (Å²) in [4.78, 5) is 41.4. The Balaban J connectivity index is 1.95. The summed E-state index contributed by atoms with van der Waals surface area (Å²) < 4.78 is 1.72. The largest absolute Gasteiger partial charge is 0.316 e. The van der Waals surface area contributed by atoms with E-state index < -0.39 is 23.8 Å². The lowest BCUT2D eigenvalue weighted by Crippen LogP contribution is -2.59. The lowest BCUT2D eigenvalue weighted by molar-refractivity contribution is -0.138. The zero-order valence-electron chi connectivity index (χ0n) is 11.4. The predicted octanol–water partition coefficient (Wildman–Crippen LogP) is 0.211. The zero-order valence-corrected chi connectivity index (χ0v) is 11.4. The van der Waals surface area contributed by atoms with Crippen molar-refractivity contribution < 1.29 is 14.4 Å². The Bertz CT molecular complexity index is 704. The maximum Gasteiger partial charge on any atom is 0.275 e. The molecule has 1 aliphatic heterocycles. The summed E-state index contributed by atoms with van der Waals surface area (Å²) in [6.45, 7) is 1.67. The SMILES string of the molecule is CCC1C(=O)NC(=O)CN1C(=O)c1cn2ccccc2n1. The molecule has 1 aliphatic rings. The molecule has 0 aliphatic carbocycles. The van der Waals surface area contributed by atoms with Crippen LogP contribution in [-0.4, -0.2) is 44.6 Å². The summed E-state index contributed by atoms with van der Waals surface area (Å²) >= 11 is 0. The van der Waals surface area contributed by atoms with E-state index in [4.69, 9.17) is 0 Å². The minimum absolute atomic E-state index is 0.128. The first-order valence-corrected chi connectivity index (χ1v) is 6.68. The molecule has 1 N–H and O–H groups in total. The van der Waals surface area contributed by atoms with E-state index in [0.29, 0.717) is 12.1 Å². The lowest BCUT2D eigenvalue weighted by Gasteiger charge is -2.32. The first-order valence-electron chi connectivity index (χ1n) is 6.68. The van der Waals surface area contributed by atoms with Gasteiger partial charge in [-0.2, -0.15) is 0 Å². The minimum Gasteiger partial charge on any atom is -0.316 e. The van der Waals surface area contributed by atoms with Gasteiger partial charge in [-0.25, -0.2) is 4.98 Å². The van der Waals surface area contributed by atoms with Crippen molar-refractivity contribution in [2.24, 2.45) is 0 Å². The van der Waals surface area contributed by atoms with Crippen LogP contribution < -0.4 is 5.32 Å². The van der Waals surface area contributed by atoms with E-state index in [9.17, 15) is 14.4 Å². The predicted molar refractivity (Wildman–Crippen MR) is 73.5 cm³/mol. The third-order valence-electron chi connectivity index (χ3n) is 3.49. The van der Waals surface area contributed by atoms with E-state index >= 15 is 0 Å². The van der Waals surface area contributed by atoms with Gasteiger partial charge in [0.05, 0.1) is 0 Å². The number of carbonyl (C=O) groups is 3. The van der Waals surface area contributed by atoms with E-state index in [-0.39, 0.29) is 12.2 Å². The highest BCUT2D eigenvalue weighted by Gasteiger charge is 2.36. The highest BCUT2D eigenvalue weighted by atomic mass is 16.2. The Morgan fingerprint density at radius 3 is 2.95 bits per heavy atom. The van der Waals surface area contributed by atoms with Crippen LogP contribution in [-0.2, 0) is 9.59 Å². The van der Waals surface area contributed by atoms with Crippen LogP contribution in [0.4, 0.5) is 0 Å². The molecule has 3 rings (SSSR count). The quantitative estimate of drug-likeness (QED) is 0.800. The molecule has 1 atom stereocenters. The Morgan fingerprint density at radius 1 is 1.43 bits per heavy atom. The third kappa shape index (κ3) is 2.26. The Morgan fingerprint density at radius 2 is 2.24 bits per heavy atom. The van der Waals surface area contributed by atoms with E-state index in [0.717, 1.165) is 0 Å². The Labute approximate surface area is 120 Å². The van der Waals surface area contributed by atoms with Crippen molar-refractivity contribution in [2.45, 2.75) is 19.4 Å². The van der Waals surface area contributed by atoms with Gasteiger partial charge in [0, 0.05) is 12.4 Å². The smallest absolute Gasteiger partial charge is 0.275 e. The number of carbonyl (C=O) groups excluding carboxylic acids is 3. The zero-order chi connectivity index (χ0) is 15.0. The van der Waals surface area contributed by atoms with Crippen LogP contribution >= 0.6 is 0 Å². The van der Waals surface area contributed by atoms with Gasteiger partial charge in [0.1, 0.15) is 23.9 Å². The van der Waals surface area contributed by atoms with Crippen LogP contribution in [0.2, 0.25) is 0 Å². The summed E-state index contributed by atoms with van der Waals surface area (Å²) in [5.41, 5.74) is 0.865. The molecule has 0 bridgehead atoms. The van der Waals surface area contributed by atoms with E-state index in [1.807, 2.05) is 12.1 Å². The van der Waals surface area contributed by atoms with Crippen molar-refractivity contribution in [3.05, 3.63) is 36.3 Å². The van der Waals surface area contributed by atoms with Crippen molar-refractivity contribution in [3.8, 4) is 0 Å². The van der Waals surface area contributed by atoms with Crippen LogP contribution in [0.25, 0.3) is 5.65 Å². The molecule has 0 saturated carbocycles. The number of nitrogens with zero attached hydrogens (tertiary/aromatic N) is 3. The molecular formula is C14H14N4O3. The molecule has 0 spiro atoms. The molecule has 3 amide bonds. The number of fused-ring (bicyclic) bond motifs is 1. The molecule has 21 heavy (non-hydrogen) atoms. The molecule has 3 heterocycles. The van der Waals surface area contributed by atoms with Crippen molar-refractivity contribution in [2.75, 3.05) is 6.54 Å². The molecule has 0 aromatic carbocycles. The second-order valence-electron chi connectivity index (χ2n) is 4.86. The Hall–Kier alpha value is -2.70. The number of rotatable bonds is 2. The molecular weight excluding hydrogens is 272 g/mol. The molecule has 2 aromatic heterocycles. The molecule has 2 aromatic rings. The summed E-state index contributed by atoms with van der Waals surface area (Å²) in [7, 11) is 0. The van der Waals surface area contributed by atoms with E-state index in [1.165, 1.54) is 4.90 Å². The van der Waals surface area contributed by atoms with Crippen molar-refractivity contribution >= 4 is 23.4 Å². The molecule has 1 saturated heterocycles. The summed E-state index contributed by atoms with van der Waals surface area (Å²) in [6.07, 6.45) is 3.82. The number of hydrogen-bond acceptors (Lipinski definition) is 4. The molecule has 7 heteroatoms. The lowest BCUT2D eigenvalue weighted by atomic mass is 10.1. The van der Waals surface area contributed by atoms with Crippen LogP contribution in [0.1, 0.15) is 23.8 Å². The number of nitrogens with one attached hydrogen (secondary N) is 1. The summed E-state index contributed by atoms with van der Waals surface area (Å²) in [5, 5.41) is 2.25. The molecule has 7 nitrogen and oxygen atoms in total. The number of piperazine rings is 1. The minimum atomic E-state index is -0.639. The average molecular weight is 286 g/mol. The fourth-order valence-corrected chi connectivity index (χ4v) is 2.47. The van der Waals surface area contributed by atoms with Gasteiger partial charge < -0.3 is 9.30 Å². The average Bonchev–Trinajstić information content (AvgIpc) is 2.89. The van der Waals surface area contributed by atoms with Gasteiger partial charge in [-0.1, -0.05) is 13.0 Å². The topological polar surface area (TPSA) is 83.8 Å². The second-order valence-corrected chi connectivity index (χ2v) is 4.86. The van der Waals surface area contributed by atoms with Crippen molar-refractivity contribution in [1.29, 1.82) is 0 Å². The fraction of sp³-hybridized carbons (Fsp3) is 0.286. The maximum atomic E-state index is 12.5. The van der Waals surface area contributed by atoms with Crippen LogP contribution in [0.15, 0.2) is 30.6 Å². The van der Waals surface area contributed by atoms with Gasteiger partial charge in [-0.05, 0) is 18.6 Å². The third-order valence-corrected chi connectivity index (χ3v) is 3.49. The number of imide groups is 1. The highest BCUT2D eigenvalue weighted by molar-refractivity contribution is 6.06. The van der Waals surface area contributed by atoms with Gasteiger partial charge >= 0.3 is 0 Å². The first kappa shape index (κ1) is 13.3. The molecule has 0 radical (unpaired) electrons. The normalized spacial score (nSPS) is 18.9. The highest BCUT2D eigenvalue weighted by Crippen LogP contribution is 2.14. The number of amides is 3. The first-order chi connectivity index (χ1) is 10.1. The number of aromatic nitrogens is 2. The van der Waals surface area contributed by atoms with Gasteiger partial charge in [0.15, 0.2) is 0 Å². The molecule has 1 unspecified atom stereocenters. The maximum absolute atomic E-state index is 12.5. The van der Waals surface area contributed by atoms with Crippen LogP contribution in [0.3, 0.4) is 0 Å². The number of pyridine rings is 1. The fourth-order valence-electron chi connectivity index (χ4n) is 2.47. The summed E-state index contributed by atoms with van der Waals surface area (Å²) in [5.74, 6) is -1.32. The second kappa shape index (κ2) is 5.01. The van der Waals surface area contributed by atoms with Gasteiger partial charge in [-0.15, -0.1) is 0 Å². The number of hydrogen-bond donors (Lipinski definition) is 1. The number of imidazole rings is 1. The van der Waals surface area contributed by atoms with Gasteiger partial charge in [0.25, 0.3) is 5.91 Å². The standard InChI is InChI=1S/C14H14N4O3/c1-2-10-13(20)16-12(19)8-18(10)14(21)9-7-17-6-4-3-5-11(17)15-9/h3-7,10H,2,8H2,1H3,(H,16,19,20). The van der Waals surface area contributed by atoms with Crippen LogP contribution in [0.5, 0.6) is 0 Å². The van der Waals surface area contributed by atoms with Crippen molar-refractivity contribution in [1.82, 2.24) is 19.6 Å². The van der Waals surface area contributed by atoms with E-state index in [2.05, 4.69) is 10.3 Å². The van der Waals surface area contributed by atoms with E-state index in [1.54, 1.807) is 29.8 Å². The van der Waals surface area contributed by atoms with Crippen molar-refractivity contribution in [3.63, 3.8) is 0 Å². The van der Waals surface area contributed by atoms with Crippen LogP contribution in [0, 0.1) is 0 Å². The molecule has 108 valence electrons. The molecule has 1 fully saturated rings. The monoisotopic (exact) mass is 286 g/mol.